The lowest BCUT2D eigenvalue weighted by atomic mass is 9.90. The fourth-order valence-corrected chi connectivity index (χ4v) is 1.10. The third-order valence-corrected chi connectivity index (χ3v) is 1.91. The Morgan fingerprint density at radius 3 is 2.33 bits per heavy atom. The Balaban J connectivity index is 2.89. The predicted octanol–water partition coefficient (Wildman–Crippen LogP) is -2.51. The second kappa shape index (κ2) is 3.03. The van der Waals surface area contributed by atoms with Crippen LogP contribution in [0.3, 0.4) is 0 Å². The van der Waals surface area contributed by atoms with Crippen LogP contribution in [0.2, 0.25) is 0 Å². The molecule has 1 aliphatic rings. The van der Waals surface area contributed by atoms with Gasteiger partial charge in [0.15, 0.2) is 0 Å². The second-order valence-electron chi connectivity index (χ2n) is 2.68. The number of nitrogens with zero attached hydrogens (tertiary/aromatic N) is 1. The summed E-state index contributed by atoms with van der Waals surface area (Å²) in [6.07, 6.45) is -2.81. The van der Waals surface area contributed by atoms with E-state index in [2.05, 4.69) is 0 Å². The Labute approximate surface area is 70.6 Å². The van der Waals surface area contributed by atoms with E-state index in [1.807, 2.05) is 0 Å². The van der Waals surface area contributed by atoms with E-state index < -0.39 is 30.4 Å². The van der Waals surface area contributed by atoms with Crippen LogP contribution in [0, 0.1) is 11.3 Å². The van der Waals surface area contributed by atoms with E-state index in [1.165, 1.54) is 0 Å². The van der Waals surface area contributed by atoms with Gasteiger partial charge in [-0.1, -0.05) is 0 Å². The first-order valence-electron chi connectivity index (χ1n) is 3.39. The molecule has 5 nitrogen and oxygen atoms in total. The van der Waals surface area contributed by atoms with Gasteiger partial charge in [0, 0.05) is 6.00 Å². The van der Waals surface area contributed by atoms with E-state index in [1.54, 1.807) is 6.07 Å². The summed E-state index contributed by atoms with van der Waals surface area (Å²) < 4.78 is 4.74. The molecule has 64 valence electrons. The maximum Gasteiger partial charge on any atom is 0.204 e. The van der Waals surface area contributed by atoms with Crippen molar-refractivity contribution in [2.45, 2.75) is 23.8 Å². The molecule has 0 aliphatic carbocycles. The minimum Gasteiger partial charge on any atom is -0.392 e. The zero-order valence-electron chi connectivity index (χ0n) is 6.21. The van der Waals surface area contributed by atoms with Crippen molar-refractivity contribution in [3.63, 3.8) is 0 Å². The van der Waals surface area contributed by atoms with Crippen LogP contribution in [-0.4, -0.2) is 53.6 Å². The highest BCUT2D eigenvalue weighted by Crippen LogP contribution is 2.28. The molecule has 0 saturated carbocycles. The molecule has 1 fully saturated rings. The molecule has 12 heavy (non-hydrogen) atoms. The van der Waals surface area contributed by atoms with Gasteiger partial charge < -0.3 is 20.1 Å². The van der Waals surface area contributed by atoms with Gasteiger partial charge in [0.1, 0.15) is 26.1 Å². The van der Waals surface area contributed by atoms with Gasteiger partial charge in [-0.3, -0.25) is 0 Å². The zero-order chi connectivity index (χ0) is 9.35. The van der Waals surface area contributed by atoms with E-state index in [0.717, 1.165) is 0 Å². The number of ether oxygens (including phenoxy) is 1. The van der Waals surface area contributed by atoms with E-state index in [4.69, 9.17) is 28.1 Å². The van der Waals surface area contributed by atoms with E-state index in [9.17, 15) is 5.11 Å². The molecular formula is C6H8BNO4. The van der Waals surface area contributed by atoms with E-state index >= 15 is 0 Å². The van der Waals surface area contributed by atoms with Crippen molar-refractivity contribution in [2.24, 2.45) is 0 Å². The Morgan fingerprint density at radius 1 is 1.58 bits per heavy atom. The minimum atomic E-state index is -1.78. The number of aliphatic hydroxyl groups is 3. The molecule has 0 aromatic heterocycles. The average molecular weight is 169 g/mol. The molecule has 6 heteroatoms. The van der Waals surface area contributed by atoms with Crippen molar-refractivity contribution >= 4 is 7.85 Å². The van der Waals surface area contributed by atoms with Crippen LogP contribution in [0.25, 0.3) is 0 Å². The molecule has 1 saturated heterocycles. The number of aliphatic hydroxyl groups excluding tert-OH is 3. The van der Waals surface area contributed by atoms with Gasteiger partial charge in [-0.15, -0.1) is 0 Å². The normalized spacial score (nSPS) is 47.3. The van der Waals surface area contributed by atoms with Crippen LogP contribution in [0.15, 0.2) is 0 Å². The minimum absolute atomic E-state index is 0.699. The van der Waals surface area contributed by atoms with Gasteiger partial charge in [-0.05, 0) is 0 Å². The summed E-state index contributed by atoms with van der Waals surface area (Å²) in [5, 5.41) is 35.7. The molecule has 0 aromatic carbocycles. The number of hydrogen-bond acceptors (Lipinski definition) is 5. The number of nitriles is 1. The number of hydrogen-bond donors (Lipinski definition) is 3. The molecule has 2 radical (unpaired) electrons. The fraction of sp³-hybridized carbons (Fsp3) is 0.833. The van der Waals surface area contributed by atoms with Gasteiger partial charge in [-0.25, -0.2) is 0 Å². The van der Waals surface area contributed by atoms with Crippen molar-refractivity contribution < 1.29 is 20.1 Å². The van der Waals surface area contributed by atoms with Crippen LogP contribution in [-0.2, 0) is 4.74 Å². The molecule has 4 atom stereocenters. The topological polar surface area (TPSA) is 93.7 Å². The fourth-order valence-electron chi connectivity index (χ4n) is 1.10. The third-order valence-electron chi connectivity index (χ3n) is 1.91. The SMILES string of the molecule is [B][C@@H]1O[C@](C#N)(CO)C(O)C1O. The first-order chi connectivity index (χ1) is 5.57. The van der Waals surface area contributed by atoms with Gasteiger partial charge in [-0.2, -0.15) is 5.26 Å². The quantitative estimate of drug-likeness (QED) is 0.377. The standard InChI is InChI=1S/C6H8BNO4/c7-5-3(10)4(11)6(1-8,2-9)12-5/h3-5,9-11H,2H2/t3?,4?,5-,6-/m1/s1. The molecule has 3 N–H and O–H groups in total. The lowest BCUT2D eigenvalue weighted by Gasteiger charge is -2.21. The van der Waals surface area contributed by atoms with Crippen molar-refractivity contribution in [3.05, 3.63) is 0 Å². The summed E-state index contributed by atoms with van der Waals surface area (Å²) in [5.41, 5.74) is -1.78. The molecule has 1 aliphatic heterocycles. The van der Waals surface area contributed by atoms with Crippen LogP contribution in [0.4, 0.5) is 0 Å². The molecular weight excluding hydrogens is 161 g/mol. The maximum absolute atomic E-state index is 9.24. The molecule has 1 rings (SSSR count). The van der Waals surface area contributed by atoms with Crippen molar-refractivity contribution in [1.82, 2.24) is 0 Å². The van der Waals surface area contributed by atoms with Gasteiger partial charge in [0.2, 0.25) is 5.60 Å². The smallest absolute Gasteiger partial charge is 0.204 e. The largest absolute Gasteiger partial charge is 0.392 e. The summed E-state index contributed by atoms with van der Waals surface area (Å²) in [5.74, 6) is 0. The van der Waals surface area contributed by atoms with Crippen LogP contribution >= 0.6 is 0 Å². The highest BCUT2D eigenvalue weighted by atomic mass is 16.6. The maximum atomic E-state index is 9.24. The Hall–Kier alpha value is -0.605. The first-order valence-corrected chi connectivity index (χ1v) is 3.39. The molecule has 0 aromatic rings. The Kier molecular flexibility index (Phi) is 2.40. The van der Waals surface area contributed by atoms with E-state index in [-0.39, 0.29) is 0 Å². The Morgan fingerprint density at radius 2 is 2.17 bits per heavy atom. The second-order valence-corrected chi connectivity index (χ2v) is 2.68. The summed E-state index contributed by atoms with van der Waals surface area (Å²) in [6, 6.07) is 0.443. The van der Waals surface area contributed by atoms with Crippen LogP contribution in [0.5, 0.6) is 0 Å². The van der Waals surface area contributed by atoms with Crippen LogP contribution in [0.1, 0.15) is 0 Å². The molecule has 1 heterocycles. The van der Waals surface area contributed by atoms with Crippen molar-refractivity contribution in [3.8, 4) is 6.07 Å². The third kappa shape index (κ3) is 1.11. The first kappa shape index (κ1) is 9.48. The average Bonchev–Trinajstić information content (AvgIpc) is 2.30. The molecule has 0 bridgehead atoms. The van der Waals surface area contributed by atoms with Crippen LogP contribution < -0.4 is 0 Å². The lowest BCUT2D eigenvalue weighted by molar-refractivity contribution is -0.0600. The monoisotopic (exact) mass is 169 g/mol. The van der Waals surface area contributed by atoms with Crippen molar-refractivity contribution in [2.75, 3.05) is 6.61 Å². The van der Waals surface area contributed by atoms with Gasteiger partial charge >= 0.3 is 0 Å². The van der Waals surface area contributed by atoms with Crippen molar-refractivity contribution in [1.29, 1.82) is 5.26 Å². The predicted molar refractivity (Wildman–Crippen MR) is 38.1 cm³/mol. The summed E-state index contributed by atoms with van der Waals surface area (Å²) in [7, 11) is 5.20. The molecule has 0 spiro atoms. The summed E-state index contributed by atoms with van der Waals surface area (Å²) in [4.78, 5) is 0. The highest BCUT2D eigenvalue weighted by molar-refractivity contribution is 6.11. The highest BCUT2D eigenvalue weighted by Gasteiger charge is 2.52. The van der Waals surface area contributed by atoms with E-state index in [0.29, 0.717) is 0 Å². The Bertz CT molecular complexity index is 218. The molecule has 2 unspecified atom stereocenters. The lowest BCUT2D eigenvalue weighted by Crippen LogP contribution is -2.45. The number of rotatable bonds is 1. The summed E-state index contributed by atoms with van der Waals surface area (Å²) in [6.45, 7) is -0.699. The molecule has 0 amide bonds. The summed E-state index contributed by atoms with van der Waals surface area (Å²) >= 11 is 0. The van der Waals surface area contributed by atoms with Gasteiger partial charge in [0.25, 0.3) is 0 Å². The van der Waals surface area contributed by atoms with Gasteiger partial charge in [0.05, 0.1) is 6.61 Å². The zero-order valence-corrected chi connectivity index (χ0v) is 6.21.